The van der Waals surface area contributed by atoms with Gasteiger partial charge in [-0.2, -0.15) is 0 Å². The van der Waals surface area contributed by atoms with Crippen LogP contribution in [0.2, 0.25) is 0 Å². The van der Waals surface area contributed by atoms with Crippen LogP contribution in [-0.4, -0.2) is 47.5 Å². The molecule has 0 bridgehead atoms. The number of hydrogen-bond donors (Lipinski definition) is 1. The predicted octanol–water partition coefficient (Wildman–Crippen LogP) is 5.49. The van der Waals surface area contributed by atoms with Crippen molar-refractivity contribution >= 4 is 18.0 Å². The Bertz CT molecular complexity index is 887. The Balaban J connectivity index is 3.04. The van der Waals surface area contributed by atoms with Gasteiger partial charge in [0.15, 0.2) is 0 Å². The Hall–Kier alpha value is -2.87. The third-order valence-corrected chi connectivity index (χ3v) is 4.23. The highest BCUT2D eigenvalue weighted by atomic mass is 16.6. The van der Waals surface area contributed by atoms with Crippen molar-refractivity contribution in [3.05, 3.63) is 47.5 Å². The molecule has 1 aromatic rings. The minimum Gasteiger partial charge on any atom is -0.458 e. The number of nitrogens with one attached hydrogen (secondary N) is 1. The second kappa shape index (κ2) is 13.4. The first-order valence-corrected chi connectivity index (χ1v) is 12.2. The smallest absolute Gasteiger partial charge is 0.408 e. The molecule has 1 rings (SSSR count). The van der Waals surface area contributed by atoms with Crippen LogP contribution in [0.1, 0.15) is 80.7 Å². The lowest BCUT2D eigenvalue weighted by atomic mass is 10.0. The zero-order valence-corrected chi connectivity index (χ0v) is 23.2. The summed E-state index contributed by atoms with van der Waals surface area (Å²) in [6.07, 6.45) is 1.18. The van der Waals surface area contributed by atoms with E-state index >= 15 is 0 Å². The maximum Gasteiger partial charge on any atom is 0.408 e. The van der Waals surface area contributed by atoms with Crippen molar-refractivity contribution in [2.75, 3.05) is 6.61 Å². The first-order valence-electron chi connectivity index (χ1n) is 12.2. The lowest BCUT2D eigenvalue weighted by Crippen LogP contribution is -2.46. The molecule has 1 amide bonds. The summed E-state index contributed by atoms with van der Waals surface area (Å²) in [7, 11) is 0. The first kappa shape index (κ1) is 31.2. The molecule has 1 N–H and O–H groups in total. The van der Waals surface area contributed by atoms with Gasteiger partial charge >= 0.3 is 18.0 Å². The van der Waals surface area contributed by atoms with Crippen molar-refractivity contribution in [1.82, 2.24) is 5.32 Å². The van der Waals surface area contributed by atoms with Gasteiger partial charge in [0.1, 0.15) is 22.8 Å². The van der Waals surface area contributed by atoms with Crippen LogP contribution < -0.4 is 5.32 Å². The molecule has 8 heteroatoms. The lowest BCUT2D eigenvalue weighted by Gasteiger charge is -2.27. The van der Waals surface area contributed by atoms with Crippen LogP contribution in [0.3, 0.4) is 0 Å². The van der Waals surface area contributed by atoms with Crippen LogP contribution in [0.15, 0.2) is 42.0 Å². The highest BCUT2D eigenvalue weighted by molar-refractivity contribution is 5.91. The van der Waals surface area contributed by atoms with Gasteiger partial charge in [-0.05, 0) is 74.3 Å². The van der Waals surface area contributed by atoms with Crippen molar-refractivity contribution in [3.63, 3.8) is 0 Å². The first-order chi connectivity index (χ1) is 16.5. The van der Waals surface area contributed by atoms with Crippen molar-refractivity contribution < 1.29 is 33.3 Å². The van der Waals surface area contributed by atoms with E-state index in [-0.39, 0.29) is 12.0 Å². The van der Waals surface area contributed by atoms with Crippen LogP contribution >= 0.6 is 0 Å². The fourth-order valence-electron chi connectivity index (χ4n) is 2.91. The third kappa shape index (κ3) is 14.5. The van der Waals surface area contributed by atoms with Crippen LogP contribution in [0.25, 0.3) is 0 Å². The zero-order valence-electron chi connectivity index (χ0n) is 23.2. The molecule has 0 aliphatic heterocycles. The molecule has 0 aliphatic carbocycles. The quantitative estimate of drug-likeness (QED) is 0.194. The number of alkyl carbamates (subject to hydrolysis) is 1. The molecule has 0 fully saturated rings. The summed E-state index contributed by atoms with van der Waals surface area (Å²) in [4.78, 5) is 38.4. The standard InChI is InChI=1S/C28H43NO7/c1-26(2,3)34-23(30)21(16-13-17-33-19-20-14-11-10-12-15-20)18-22(24(31)35-27(4,5)6)29-25(32)36-28(7,8)9/h10-12,14-16,22H,13,17-19H2,1-9H3,(H,29,32)/b21-16-/t22-/m0/s1. The Kier molecular flexibility index (Phi) is 11.6. The van der Waals surface area contributed by atoms with E-state index in [1.54, 1.807) is 68.4 Å². The molecule has 0 aromatic heterocycles. The Morgan fingerprint density at radius 2 is 1.39 bits per heavy atom. The number of carbonyl (C=O) groups is 3. The van der Waals surface area contributed by atoms with Gasteiger partial charge in [-0.15, -0.1) is 0 Å². The molecular weight excluding hydrogens is 462 g/mol. The van der Waals surface area contributed by atoms with Crippen LogP contribution in [0.5, 0.6) is 0 Å². The average Bonchev–Trinajstić information content (AvgIpc) is 2.68. The van der Waals surface area contributed by atoms with Gasteiger partial charge in [0.05, 0.1) is 13.2 Å². The molecule has 0 saturated heterocycles. The molecule has 36 heavy (non-hydrogen) atoms. The molecule has 1 atom stereocenters. The summed E-state index contributed by atoms with van der Waals surface area (Å²) >= 11 is 0. The molecule has 1 aromatic carbocycles. The third-order valence-electron chi connectivity index (χ3n) is 4.23. The van der Waals surface area contributed by atoms with E-state index in [9.17, 15) is 14.4 Å². The molecule has 8 nitrogen and oxygen atoms in total. The molecule has 0 heterocycles. The Morgan fingerprint density at radius 1 is 0.833 bits per heavy atom. The Morgan fingerprint density at radius 3 is 1.92 bits per heavy atom. The fourth-order valence-corrected chi connectivity index (χ4v) is 2.91. The topological polar surface area (TPSA) is 100 Å². The van der Waals surface area contributed by atoms with Gasteiger partial charge < -0.3 is 24.3 Å². The van der Waals surface area contributed by atoms with Crippen molar-refractivity contribution in [2.24, 2.45) is 0 Å². The molecule has 0 aliphatic rings. The number of ether oxygens (including phenoxy) is 4. The fraction of sp³-hybridized carbons (Fsp3) is 0.607. The van der Waals surface area contributed by atoms with Gasteiger partial charge in [-0.1, -0.05) is 36.4 Å². The molecule has 0 unspecified atom stereocenters. The summed E-state index contributed by atoms with van der Waals surface area (Å²) in [6, 6.07) is 8.60. The van der Waals surface area contributed by atoms with Gasteiger partial charge in [0, 0.05) is 12.0 Å². The zero-order chi connectivity index (χ0) is 27.6. The number of hydrogen-bond acceptors (Lipinski definition) is 7. The Labute approximate surface area is 215 Å². The number of rotatable bonds is 10. The normalized spacial score (nSPS) is 13.5. The lowest BCUT2D eigenvalue weighted by molar-refractivity contribution is -0.157. The SMILES string of the molecule is CC(C)(C)OC(=O)N[C@@H](C/C(=C/CCOCc1ccccc1)C(=O)OC(C)(C)C)C(=O)OC(C)(C)C. The number of esters is 2. The van der Waals surface area contributed by atoms with Crippen LogP contribution in [0.4, 0.5) is 4.79 Å². The van der Waals surface area contributed by atoms with Gasteiger partial charge in [0.25, 0.3) is 0 Å². The van der Waals surface area contributed by atoms with E-state index in [4.69, 9.17) is 18.9 Å². The van der Waals surface area contributed by atoms with Crippen molar-refractivity contribution in [2.45, 2.75) is 105 Å². The minimum absolute atomic E-state index is 0.123. The monoisotopic (exact) mass is 505 g/mol. The summed E-state index contributed by atoms with van der Waals surface area (Å²) in [5.41, 5.74) is -1.00. The van der Waals surface area contributed by atoms with E-state index in [1.165, 1.54) is 0 Å². The second-order valence-corrected chi connectivity index (χ2v) is 11.5. The summed E-state index contributed by atoms with van der Waals surface area (Å²) in [5.74, 6) is -1.26. The van der Waals surface area contributed by atoms with Gasteiger partial charge in [-0.25, -0.2) is 14.4 Å². The number of amides is 1. The second-order valence-electron chi connectivity index (χ2n) is 11.5. The predicted molar refractivity (Wildman–Crippen MR) is 138 cm³/mol. The van der Waals surface area contributed by atoms with Crippen molar-refractivity contribution in [1.29, 1.82) is 0 Å². The molecule has 0 radical (unpaired) electrons. The van der Waals surface area contributed by atoms with Gasteiger partial charge in [0.2, 0.25) is 0 Å². The van der Waals surface area contributed by atoms with Gasteiger partial charge in [-0.3, -0.25) is 0 Å². The molecule has 0 saturated carbocycles. The minimum atomic E-state index is -1.15. The van der Waals surface area contributed by atoms with Crippen LogP contribution in [-0.2, 0) is 35.1 Å². The maximum absolute atomic E-state index is 13.0. The highest BCUT2D eigenvalue weighted by Crippen LogP contribution is 2.19. The molecule has 0 spiro atoms. The van der Waals surface area contributed by atoms with E-state index < -0.39 is 40.9 Å². The van der Waals surface area contributed by atoms with E-state index in [2.05, 4.69) is 5.32 Å². The summed E-state index contributed by atoms with van der Waals surface area (Å²) in [6.45, 7) is 16.4. The summed E-state index contributed by atoms with van der Waals surface area (Å²) in [5, 5.41) is 2.55. The largest absolute Gasteiger partial charge is 0.458 e. The van der Waals surface area contributed by atoms with Crippen LogP contribution in [0, 0.1) is 0 Å². The average molecular weight is 506 g/mol. The molecular formula is C28H43NO7. The van der Waals surface area contributed by atoms with Crippen molar-refractivity contribution in [3.8, 4) is 0 Å². The van der Waals surface area contributed by atoms with E-state index in [0.717, 1.165) is 5.56 Å². The maximum atomic E-state index is 13.0. The van der Waals surface area contributed by atoms with E-state index in [1.807, 2.05) is 30.3 Å². The highest BCUT2D eigenvalue weighted by Gasteiger charge is 2.32. The number of carbonyl (C=O) groups excluding carboxylic acids is 3. The summed E-state index contributed by atoms with van der Waals surface area (Å²) < 4.78 is 22.1. The van der Waals surface area contributed by atoms with E-state index in [0.29, 0.717) is 19.6 Å². The number of benzene rings is 1. The molecule has 202 valence electrons.